The van der Waals surface area contributed by atoms with Crippen molar-refractivity contribution in [3.05, 3.63) is 72.3 Å². The molecule has 0 radical (unpaired) electrons. The van der Waals surface area contributed by atoms with E-state index in [1.807, 2.05) is 30.3 Å². The molecule has 0 aliphatic rings. The molecule has 2 aromatic carbocycles. The van der Waals surface area contributed by atoms with Gasteiger partial charge >= 0.3 is 0 Å². The fourth-order valence-electron chi connectivity index (χ4n) is 2.96. The van der Waals surface area contributed by atoms with Crippen LogP contribution < -0.4 is 15.0 Å². The van der Waals surface area contributed by atoms with Gasteiger partial charge in [-0.1, -0.05) is 38.0 Å². The summed E-state index contributed by atoms with van der Waals surface area (Å²) < 4.78 is 21.4. The minimum atomic E-state index is -0.475. The van der Waals surface area contributed by atoms with Crippen LogP contribution in [-0.2, 0) is 0 Å². The number of amides is 1. The van der Waals surface area contributed by atoms with Gasteiger partial charge in [-0.2, -0.15) is 5.10 Å². The Morgan fingerprint density at radius 1 is 1.19 bits per heavy atom. The van der Waals surface area contributed by atoms with Crippen LogP contribution in [0, 0.1) is 5.82 Å². The summed E-state index contributed by atoms with van der Waals surface area (Å²) in [6, 6.07) is 15.5. The molecule has 8 heteroatoms. The summed E-state index contributed by atoms with van der Waals surface area (Å²) in [6.45, 7) is 2.58. The van der Waals surface area contributed by atoms with Crippen molar-refractivity contribution in [2.75, 3.05) is 18.6 Å². The quantitative estimate of drug-likeness (QED) is 0.405. The molecule has 0 aliphatic heterocycles. The number of carbonyl (C=O) groups is 1. The SMILES string of the molecule is CCCCCOc1ccc(N(C)C(=S)NC(=O)c2ccnn2-c2ccccc2)cc1F. The third-order valence-corrected chi connectivity index (χ3v) is 5.09. The number of unbranched alkanes of at least 4 members (excludes halogenated alkanes) is 2. The second-order valence-corrected chi connectivity index (χ2v) is 7.34. The van der Waals surface area contributed by atoms with Crippen molar-refractivity contribution in [1.29, 1.82) is 0 Å². The zero-order chi connectivity index (χ0) is 22.2. The zero-order valence-corrected chi connectivity index (χ0v) is 18.4. The zero-order valence-electron chi connectivity index (χ0n) is 17.5. The lowest BCUT2D eigenvalue weighted by Crippen LogP contribution is -2.41. The van der Waals surface area contributed by atoms with Gasteiger partial charge in [0.1, 0.15) is 5.69 Å². The first-order chi connectivity index (χ1) is 15.0. The second kappa shape index (κ2) is 10.7. The van der Waals surface area contributed by atoms with Gasteiger partial charge in [0.2, 0.25) is 0 Å². The molecule has 0 spiro atoms. The van der Waals surface area contributed by atoms with Crippen molar-refractivity contribution >= 4 is 28.9 Å². The molecule has 6 nitrogen and oxygen atoms in total. The number of halogens is 1. The van der Waals surface area contributed by atoms with Crippen LogP contribution in [0.3, 0.4) is 0 Å². The summed E-state index contributed by atoms with van der Waals surface area (Å²) in [4.78, 5) is 14.3. The molecule has 3 rings (SSSR count). The predicted octanol–water partition coefficient (Wildman–Crippen LogP) is 4.73. The first-order valence-corrected chi connectivity index (χ1v) is 10.5. The average Bonchev–Trinajstić information content (AvgIpc) is 3.28. The van der Waals surface area contributed by atoms with E-state index in [9.17, 15) is 9.18 Å². The number of carbonyl (C=O) groups excluding carboxylic acids is 1. The molecule has 0 atom stereocenters. The largest absolute Gasteiger partial charge is 0.491 e. The Labute approximate surface area is 186 Å². The number of nitrogens with one attached hydrogen (secondary N) is 1. The molecule has 0 aliphatic carbocycles. The van der Waals surface area contributed by atoms with Gasteiger partial charge in [-0.15, -0.1) is 0 Å². The van der Waals surface area contributed by atoms with Crippen LogP contribution in [0.1, 0.15) is 36.7 Å². The molecule has 31 heavy (non-hydrogen) atoms. The number of rotatable bonds is 8. The Morgan fingerprint density at radius 2 is 1.97 bits per heavy atom. The van der Waals surface area contributed by atoms with Crippen LogP contribution in [0.4, 0.5) is 10.1 Å². The first kappa shape index (κ1) is 22.4. The summed E-state index contributed by atoms with van der Waals surface area (Å²) in [5.74, 6) is -0.679. The number of thiocarbonyl (C=S) groups is 1. The molecule has 0 saturated heterocycles. The fourth-order valence-corrected chi connectivity index (χ4v) is 3.16. The summed E-state index contributed by atoms with van der Waals surface area (Å²) >= 11 is 5.35. The molecule has 1 amide bonds. The molecular formula is C23H25FN4O2S. The number of hydrogen-bond donors (Lipinski definition) is 1. The Kier molecular flexibility index (Phi) is 7.72. The molecule has 0 saturated carbocycles. The maximum atomic E-state index is 14.4. The van der Waals surface area contributed by atoms with Crippen molar-refractivity contribution in [3.63, 3.8) is 0 Å². The lowest BCUT2D eigenvalue weighted by atomic mass is 10.2. The van der Waals surface area contributed by atoms with Crippen molar-refractivity contribution < 1.29 is 13.9 Å². The van der Waals surface area contributed by atoms with Crippen LogP contribution in [0.5, 0.6) is 5.75 Å². The van der Waals surface area contributed by atoms with Gasteiger partial charge < -0.3 is 9.64 Å². The standard InChI is InChI=1S/C23H25FN4O2S/c1-3-4-8-15-30-21-12-11-18(16-19(21)24)27(2)23(31)26-22(29)20-13-14-25-28(20)17-9-6-5-7-10-17/h5-7,9-14,16H,3-4,8,15H2,1-2H3,(H,26,29,31). The number of ether oxygens (including phenoxy) is 1. The molecule has 0 unspecified atom stereocenters. The molecule has 3 aromatic rings. The highest BCUT2D eigenvalue weighted by Gasteiger charge is 2.18. The van der Waals surface area contributed by atoms with E-state index in [0.29, 0.717) is 18.0 Å². The van der Waals surface area contributed by atoms with E-state index < -0.39 is 11.7 Å². The third-order valence-electron chi connectivity index (χ3n) is 4.71. The van der Waals surface area contributed by atoms with E-state index in [-0.39, 0.29) is 10.9 Å². The maximum absolute atomic E-state index is 14.4. The van der Waals surface area contributed by atoms with Crippen LogP contribution >= 0.6 is 12.2 Å². The average molecular weight is 441 g/mol. The Morgan fingerprint density at radius 3 is 2.68 bits per heavy atom. The van der Waals surface area contributed by atoms with E-state index in [1.54, 1.807) is 31.4 Å². The summed E-state index contributed by atoms with van der Waals surface area (Å²) in [6.07, 6.45) is 4.54. The smallest absolute Gasteiger partial charge is 0.276 e. The van der Waals surface area contributed by atoms with Crippen molar-refractivity contribution in [3.8, 4) is 11.4 Å². The molecule has 1 N–H and O–H groups in total. The van der Waals surface area contributed by atoms with E-state index >= 15 is 0 Å². The topological polar surface area (TPSA) is 59.4 Å². The summed E-state index contributed by atoms with van der Waals surface area (Å²) in [7, 11) is 1.66. The molecule has 0 fully saturated rings. The van der Waals surface area contributed by atoms with Crippen molar-refractivity contribution in [2.24, 2.45) is 0 Å². The van der Waals surface area contributed by atoms with Gasteiger partial charge in [0, 0.05) is 18.8 Å². The van der Waals surface area contributed by atoms with Crippen LogP contribution in [0.15, 0.2) is 60.8 Å². The van der Waals surface area contributed by atoms with Crippen molar-refractivity contribution in [2.45, 2.75) is 26.2 Å². The highest BCUT2D eigenvalue weighted by atomic mass is 32.1. The number of aromatic nitrogens is 2. The van der Waals surface area contributed by atoms with E-state index in [1.165, 1.54) is 15.6 Å². The highest BCUT2D eigenvalue weighted by molar-refractivity contribution is 7.80. The van der Waals surface area contributed by atoms with Crippen LogP contribution in [-0.4, -0.2) is 34.5 Å². The normalized spacial score (nSPS) is 10.5. The third kappa shape index (κ3) is 5.67. The van der Waals surface area contributed by atoms with Gasteiger partial charge in [-0.05, 0) is 49.0 Å². The molecule has 1 heterocycles. The second-order valence-electron chi connectivity index (χ2n) is 6.95. The van der Waals surface area contributed by atoms with Gasteiger partial charge in [0.15, 0.2) is 16.7 Å². The fraction of sp³-hybridized carbons (Fsp3) is 0.261. The monoisotopic (exact) mass is 440 g/mol. The lowest BCUT2D eigenvalue weighted by molar-refractivity contribution is 0.0969. The summed E-state index contributed by atoms with van der Waals surface area (Å²) in [5.41, 5.74) is 1.60. The van der Waals surface area contributed by atoms with E-state index in [2.05, 4.69) is 17.3 Å². The predicted molar refractivity (Wildman–Crippen MR) is 123 cm³/mol. The Hall–Kier alpha value is -3.26. The van der Waals surface area contributed by atoms with Crippen molar-refractivity contribution in [1.82, 2.24) is 15.1 Å². The number of anilines is 1. The summed E-state index contributed by atoms with van der Waals surface area (Å²) in [5, 5.41) is 7.03. The minimum Gasteiger partial charge on any atom is -0.491 e. The molecule has 1 aromatic heterocycles. The molecule has 162 valence electrons. The lowest BCUT2D eigenvalue weighted by Gasteiger charge is -2.21. The van der Waals surface area contributed by atoms with Crippen LogP contribution in [0.25, 0.3) is 5.69 Å². The Bertz CT molecular complexity index is 1040. The van der Waals surface area contributed by atoms with Gasteiger partial charge in [-0.25, -0.2) is 9.07 Å². The molecule has 0 bridgehead atoms. The number of nitrogens with zero attached hydrogens (tertiary/aromatic N) is 3. The van der Waals surface area contributed by atoms with Gasteiger partial charge in [0.25, 0.3) is 5.91 Å². The first-order valence-electron chi connectivity index (χ1n) is 10.1. The van der Waals surface area contributed by atoms with E-state index in [0.717, 1.165) is 24.9 Å². The number of benzene rings is 2. The highest BCUT2D eigenvalue weighted by Crippen LogP contribution is 2.23. The minimum absolute atomic E-state index is 0.141. The maximum Gasteiger partial charge on any atom is 0.276 e. The van der Waals surface area contributed by atoms with Crippen LogP contribution in [0.2, 0.25) is 0 Å². The molecular weight excluding hydrogens is 415 g/mol. The van der Waals surface area contributed by atoms with Gasteiger partial charge in [0.05, 0.1) is 18.5 Å². The van der Waals surface area contributed by atoms with Gasteiger partial charge in [-0.3, -0.25) is 10.1 Å². The number of hydrogen-bond acceptors (Lipinski definition) is 4. The van der Waals surface area contributed by atoms with E-state index in [4.69, 9.17) is 17.0 Å². The Balaban J connectivity index is 1.65. The number of para-hydroxylation sites is 1.